The summed E-state index contributed by atoms with van der Waals surface area (Å²) >= 11 is 1.48. The van der Waals surface area contributed by atoms with Gasteiger partial charge in [0.2, 0.25) is 0 Å². The second-order valence-electron chi connectivity index (χ2n) is 8.22. The van der Waals surface area contributed by atoms with Gasteiger partial charge in [0, 0.05) is 20.2 Å². The van der Waals surface area contributed by atoms with E-state index in [1.54, 1.807) is 19.1 Å². The van der Waals surface area contributed by atoms with Crippen molar-refractivity contribution in [2.45, 2.75) is 30.3 Å². The Kier molecular flexibility index (Phi) is 5.09. The first-order chi connectivity index (χ1) is 14.8. The molecular weight excluding hydrogens is 461 g/mol. The highest BCUT2D eigenvalue weighted by atomic mass is 32.2. The molecule has 0 aliphatic carbocycles. The molecule has 2 aromatic carbocycles. The van der Waals surface area contributed by atoms with Crippen molar-refractivity contribution in [1.29, 1.82) is 0 Å². The summed E-state index contributed by atoms with van der Waals surface area (Å²) in [7, 11) is -3.69. The third kappa shape index (κ3) is 3.65. The monoisotopic (exact) mass is 482 g/mol. The van der Waals surface area contributed by atoms with Gasteiger partial charge in [-0.3, -0.25) is 4.99 Å². The Balaban J connectivity index is 1.82. The Morgan fingerprint density at radius 3 is 2.41 bits per heavy atom. The van der Waals surface area contributed by atoms with Gasteiger partial charge in [0.05, 0.1) is 11.3 Å². The highest BCUT2D eigenvalue weighted by molar-refractivity contribution is 7.93. The number of alkyl halides is 3. The lowest BCUT2D eigenvalue weighted by molar-refractivity contribution is -0.153. The topological polar surface area (TPSA) is 81.8 Å². The number of hydrogen-bond donors (Lipinski definition) is 1. The van der Waals surface area contributed by atoms with Gasteiger partial charge in [-0.25, -0.2) is 8.42 Å². The molecule has 0 fully saturated rings. The number of hydrogen-bond acceptors (Lipinski definition) is 6. The standard InChI is InChI=1S/C22H21F3N2O3S2/c1-4-21(3)19(26)27-20(2,12-32(21,28)29)13-5-7-17-15(9-13)16-10-14(6-8-18(16)31-17)30-11-22(23,24)25/h4-10H,1,11-12H2,2-3H3,(H2,26,27)/t20-,21-/m0/s1. The second-order valence-corrected chi connectivity index (χ2v) is 11.7. The normalized spacial score (nSPS) is 25.6. The number of nitrogens with zero attached hydrogens (tertiary/aromatic N) is 1. The Hall–Kier alpha value is -2.59. The number of thiophene rings is 1. The zero-order valence-electron chi connectivity index (χ0n) is 17.4. The predicted molar refractivity (Wildman–Crippen MR) is 122 cm³/mol. The summed E-state index contributed by atoms with van der Waals surface area (Å²) < 4.78 is 68.9. The highest BCUT2D eigenvalue weighted by Crippen LogP contribution is 2.41. The van der Waals surface area contributed by atoms with Crippen LogP contribution < -0.4 is 10.5 Å². The molecule has 2 atom stereocenters. The van der Waals surface area contributed by atoms with Gasteiger partial charge in [-0.1, -0.05) is 12.1 Å². The fourth-order valence-electron chi connectivity index (χ4n) is 3.81. The lowest BCUT2D eigenvalue weighted by Crippen LogP contribution is -2.55. The van der Waals surface area contributed by atoms with Gasteiger partial charge in [0.25, 0.3) is 0 Å². The maximum atomic E-state index is 13.0. The van der Waals surface area contributed by atoms with Crippen LogP contribution in [0.5, 0.6) is 5.75 Å². The van der Waals surface area contributed by atoms with E-state index in [4.69, 9.17) is 10.5 Å². The smallest absolute Gasteiger partial charge is 0.422 e. The predicted octanol–water partition coefficient (Wildman–Crippen LogP) is 4.94. The summed E-state index contributed by atoms with van der Waals surface area (Å²) in [5, 5.41) is 1.51. The summed E-state index contributed by atoms with van der Waals surface area (Å²) in [6.45, 7) is 5.41. The molecule has 0 bridgehead atoms. The largest absolute Gasteiger partial charge is 0.484 e. The van der Waals surface area contributed by atoms with Crippen molar-refractivity contribution in [1.82, 2.24) is 0 Å². The molecule has 5 nitrogen and oxygen atoms in total. The average molecular weight is 483 g/mol. The van der Waals surface area contributed by atoms with Gasteiger partial charge >= 0.3 is 6.18 Å². The van der Waals surface area contributed by atoms with Crippen LogP contribution in [-0.2, 0) is 15.4 Å². The number of amidine groups is 1. The number of nitrogens with two attached hydrogens (primary N) is 1. The van der Waals surface area contributed by atoms with Crippen molar-refractivity contribution in [3.8, 4) is 5.75 Å². The number of benzene rings is 2. The van der Waals surface area contributed by atoms with Crippen LogP contribution >= 0.6 is 11.3 Å². The van der Waals surface area contributed by atoms with Gasteiger partial charge < -0.3 is 10.5 Å². The molecule has 1 aliphatic heterocycles. The maximum Gasteiger partial charge on any atom is 0.422 e. The molecule has 4 rings (SSSR count). The van der Waals surface area contributed by atoms with Crippen LogP contribution in [0.4, 0.5) is 13.2 Å². The molecule has 1 aromatic heterocycles. The molecule has 10 heteroatoms. The second kappa shape index (κ2) is 7.21. The molecule has 0 saturated carbocycles. The maximum absolute atomic E-state index is 13.0. The third-order valence-corrected chi connectivity index (χ3v) is 9.61. The molecule has 1 aliphatic rings. The number of aliphatic imine (C=N–C) groups is 1. The van der Waals surface area contributed by atoms with E-state index in [9.17, 15) is 21.6 Å². The molecule has 0 spiro atoms. The molecule has 170 valence electrons. The van der Waals surface area contributed by atoms with E-state index in [2.05, 4.69) is 11.6 Å². The quantitative estimate of drug-likeness (QED) is 0.534. The molecule has 0 unspecified atom stereocenters. The van der Waals surface area contributed by atoms with Crippen molar-refractivity contribution in [2.24, 2.45) is 10.7 Å². The fourth-order valence-corrected chi connectivity index (χ4v) is 6.77. The highest BCUT2D eigenvalue weighted by Gasteiger charge is 2.50. The summed E-state index contributed by atoms with van der Waals surface area (Å²) in [5.74, 6) is -0.175. The SMILES string of the molecule is C=C[C@@]1(C)C(N)=N[C@](C)(c2ccc3sc4ccc(OCC(F)(F)F)cc4c3c2)CS1(=O)=O. The Morgan fingerprint density at radius 1 is 1.19 bits per heavy atom. The first kappa shape index (κ1) is 22.6. The van der Waals surface area contributed by atoms with E-state index in [0.717, 1.165) is 20.2 Å². The molecule has 0 saturated heterocycles. The van der Waals surface area contributed by atoms with Gasteiger partial charge in [-0.15, -0.1) is 17.9 Å². The minimum Gasteiger partial charge on any atom is -0.484 e. The first-order valence-corrected chi connectivity index (χ1v) is 12.1. The Bertz CT molecular complexity index is 1380. The van der Waals surface area contributed by atoms with E-state index in [0.29, 0.717) is 5.56 Å². The van der Waals surface area contributed by atoms with E-state index in [-0.39, 0.29) is 17.3 Å². The zero-order chi connectivity index (χ0) is 23.5. The number of rotatable bonds is 4. The first-order valence-electron chi connectivity index (χ1n) is 9.66. The van der Waals surface area contributed by atoms with Gasteiger partial charge in [-0.2, -0.15) is 13.2 Å². The molecule has 3 aromatic rings. The van der Waals surface area contributed by atoms with Crippen LogP contribution in [0.3, 0.4) is 0 Å². The van der Waals surface area contributed by atoms with E-state index in [1.165, 1.54) is 30.4 Å². The van der Waals surface area contributed by atoms with Crippen molar-refractivity contribution >= 4 is 47.2 Å². The lowest BCUT2D eigenvalue weighted by atomic mass is 9.92. The van der Waals surface area contributed by atoms with Crippen LogP contribution in [0, 0.1) is 0 Å². The third-order valence-electron chi connectivity index (χ3n) is 5.85. The summed E-state index contributed by atoms with van der Waals surface area (Å²) in [4.78, 5) is 4.55. The van der Waals surface area contributed by atoms with Gasteiger partial charge in [0.15, 0.2) is 16.4 Å². The summed E-state index contributed by atoms with van der Waals surface area (Å²) in [6.07, 6.45) is -3.14. The van der Waals surface area contributed by atoms with Crippen LogP contribution in [-0.4, -0.2) is 37.5 Å². The fraction of sp³-hybridized carbons (Fsp3) is 0.318. The molecule has 0 radical (unpaired) electrons. The molecule has 0 amide bonds. The summed E-state index contributed by atoms with van der Waals surface area (Å²) in [6, 6.07) is 10.3. The van der Waals surface area contributed by atoms with Crippen molar-refractivity contribution < 1.29 is 26.3 Å². The van der Waals surface area contributed by atoms with E-state index >= 15 is 0 Å². The van der Waals surface area contributed by atoms with Crippen molar-refractivity contribution in [3.05, 3.63) is 54.6 Å². The van der Waals surface area contributed by atoms with Crippen LogP contribution in [0.1, 0.15) is 19.4 Å². The molecular formula is C22H21F3N2O3S2. The lowest BCUT2D eigenvalue weighted by Gasteiger charge is -2.38. The number of ether oxygens (including phenoxy) is 1. The number of halogens is 3. The number of sulfone groups is 1. The Morgan fingerprint density at radius 2 is 1.81 bits per heavy atom. The minimum absolute atomic E-state index is 0.0284. The average Bonchev–Trinajstić information content (AvgIpc) is 3.06. The molecule has 2 heterocycles. The minimum atomic E-state index is -4.43. The molecule has 32 heavy (non-hydrogen) atoms. The number of fused-ring (bicyclic) bond motifs is 3. The van der Waals surface area contributed by atoms with Crippen molar-refractivity contribution in [3.63, 3.8) is 0 Å². The Labute approximate surface area is 187 Å². The summed E-state index contributed by atoms with van der Waals surface area (Å²) in [5.41, 5.74) is 5.61. The van der Waals surface area contributed by atoms with Crippen LogP contribution in [0.15, 0.2) is 54.0 Å². The van der Waals surface area contributed by atoms with Crippen LogP contribution in [0.25, 0.3) is 20.2 Å². The van der Waals surface area contributed by atoms with Crippen LogP contribution in [0.2, 0.25) is 0 Å². The zero-order valence-corrected chi connectivity index (χ0v) is 19.0. The van der Waals surface area contributed by atoms with Crippen molar-refractivity contribution in [2.75, 3.05) is 12.4 Å². The van der Waals surface area contributed by atoms with E-state index < -0.39 is 32.9 Å². The molecule has 2 N–H and O–H groups in total. The van der Waals surface area contributed by atoms with Gasteiger partial charge in [0.1, 0.15) is 16.3 Å². The van der Waals surface area contributed by atoms with E-state index in [1.807, 2.05) is 18.2 Å². The van der Waals surface area contributed by atoms with Gasteiger partial charge in [-0.05, 0) is 49.7 Å².